The van der Waals surface area contributed by atoms with Gasteiger partial charge in [0.25, 0.3) is 0 Å². The molecular formula is C15H13BrO4. The van der Waals surface area contributed by atoms with Crippen LogP contribution in [0.5, 0.6) is 28.7 Å². The van der Waals surface area contributed by atoms with Crippen molar-refractivity contribution in [1.82, 2.24) is 0 Å². The van der Waals surface area contributed by atoms with Gasteiger partial charge in [-0.3, -0.25) is 0 Å². The van der Waals surface area contributed by atoms with E-state index in [-0.39, 0.29) is 0 Å². The molecule has 104 valence electrons. The standard InChI is InChI=1S/C15H13BrO4/c1-17-12-4-2-10(16)8-15(12)20-11-3-5-13-14(9-11)19-7-6-18-13/h2-5,8-9H,6-7H2,1H3. The first-order valence-electron chi connectivity index (χ1n) is 6.17. The van der Waals surface area contributed by atoms with Gasteiger partial charge in [-0.1, -0.05) is 15.9 Å². The number of fused-ring (bicyclic) bond motifs is 1. The number of hydrogen-bond donors (Lipinski definition) is 0. The summed E-state index contributed by atoms with van der Waals surface area (Å²) in [6, 6.07) is 11.1. The van der Waals surface area contributed by atoms with Gasteiger partial charge in [0.2, 0.25) is 0 Å². The average molecular weight is 337 g/mol. The molecule has 0 radical (unpaired) electrons. The van der Waals surface area contributed by atoms with E-state index in [1.165, 1.54) is 0 Å². The Bertz CT molecular complexity index is 627. The molecule has 0 aliphatic carbocycles. The zero-order valence-electron chi connectivity index (χ0n) is 10.9. The third-order valence-electron chi connectivity index (χ3n) is 2.87. The first-order chi connectivity index (χ1) is 9.76. The summed E-state index contributed by atoms with van der Waals surface area (Å²) in [6.07, 6.45) is 0. The Kier molecular flexibility index (Phi) is 3.69. The third kappa shape index (κ3) is 2.67. The van der Waals surface area contributed by atoms with E-state index in [0.717, 1.165) is 10.2 Å². The molecule has 4 nitrogen and oxygen atoms in total. The summed E-state index contributed by atoms with van der Waals surface area (Å²) in [5.74, 6) is 3.42. The van der Waals surface area contributed by atoms with Crippen molar-refractivity contribution in [2.45, 2.75) is 0 Å². The van der Waals surface area contributed by atoms with Crippen LogP contribution in [0.25, 0.3) is 0 Å². The van der Waals surface area contributed by atoms with E-state index in [1.54, 1.807) is 7.11 Å². The Balaban J connectivity index is 1.89. The lowest BCUT2D eigenvalue weighted by Gasteiger charge is -2.19. The molecule has 1 aliphatic rings. The van der Waals surface area contributed by atoms with Gasteiger partial charge in [0.05, 0.1) is 7.11 Å². The van der Waals surface area contributed by atoms with Crippen LogP contribution in [0.4, 0.5) is 0 Å². The summed E-state index contributed by atoms with van der Waals surface area (Å²) in [6.45, 7) is 1.13. The lowest BCUT2D eigenvalue weighted by atomic mass is 10.2. The van der Waals surface area contributed by atoms with Crippen molar-refractivity contribution >= 4 is 15.9 Å². The van der Waals surface area contributed by atoms with E-state index in [9.17, 15) is 0 Å². The van der Waals surface area contributed by atoms with Crippen LogP contribution in [0.1, 0.15) is 0 Å². The van der Waals surface area contributed by atoms with Crippen LogP contribution in [0.3, 0.4) is 0 Å². The molecule has 0 saturated carbocycles. The second-order valence-corrected chi connectivity index (χ2v) is 5.12. The van der Waals surface area contributed by atoms with Crippen molar-refractivity contribution in [2.75, 3.05) is 20.3 Å². The van der Waals surface area contributed by atoms with Crippen LogP contribution < -0.4 is 18.9 Å². The van der Waals surface area contributed by atoms with Crippen molar-refractivity contribution in [3.05, 3.63) is 40.9 Å². The highest BCUT2D eigenvalue weighted by Crippen LogP contribution is 2.38. The van der Waals surface area contributed by atoms with Gasteiger partial charge in [-0.25, -0.2) is 0 Å². The van der Waals surface area contributed by atoms with E-state index >= 15 is 0 Å². The van der Waals surface area contributed by atoms with E-state index in [1.807, 2.05) is 36.4 Å². The molecule has 0 spiro atoms. The number of hydrogen-bond acceptors (Lipinski definition) is 4. The quantitative estimate of drug-likeness (QED) is 0.848. The minimum Gasteiger partial charge on any atom is -0.493 e. The van der Waals surface area contributed by atoms with Crippen LogP contribution >= 0.6 is 15.9 Å². The number of rotatable bonds is 3. The van der Waals surface area contributed by atoms with Gasteiger partial charge in [0, 0.05) is 10.5 Å². The van der Waals surface area contributed by atoms with Crippen LogP contribution in [0, 0.1) is 0 Å². The van der Waals surface area contributed by atoms with Crippen LogP contribution in [0.2, 0.25) is 0 Å². The maximum atomic E-state index is 5.86. The number of benzene rings is 2. The van der Waals surface area contributed by atoms with Gasteiger partial charge in [-0.2, -0.15) is 0 Å². The second-order valence-electron chi connectivity index (χ2n) is 4.20. The molecule has 0 bridgehead atoms. The SMILES string of the molecule is COc1ccc(Br)cc1Oc1ccc2c(c1)OCCO2. The minimum atomic E-state index is 0.552. The molecule has 20 heavy (non-hydrogen) atoms. The first-order valence-corrected chi connectivity index (χ1v) is 6.96. The lowest BCUT2D eigenvalue weighted by molar-refractivity contribution is 0.171. The van der Waals surface area contributed by atoms with E-state index in [0.29, 0.717) is 36.2 Å². The molecule has 1 aliphatic heterocycles. The second kappa shape index (κ2) is 5.63. The van der Waals surface area contributed by atoms with E-state index in [4.69, 9.17) is 18.9 Å². The Morgan fingerprint density at radius 2 is 1.75 bits per heavy atom. The molecule has 1 heterocycles. The molecule has 3 rings (SSSR count). The molecule has 0 saturated heterocycles. The molecule has 0 aromatic heterocycles. The number of ether oxygens (including phenoxy) is 4. The Morgan fingerprint density at radius 3 is 2.55 bits per heavy atom. The summed E-state index contributed by atoms with van der Waals surface area (Å²) in [5.41, 5.74) is 0. The molecule has 2 aromatic carbocycles. The van der Waals surface area contributed by atoms with Gasteiger partial charge in [0.15, 0.2) is 23.0 Å². The molecule has 2 aromatic rings. The zero-order valence-corrected chi connectivity index (χ0v) is 12.5. The average Bonchev–Trinajstić information content (AvgIpc) is 2.47. The van der Waals surface area contributed by atoms with Crippen molar-refractivity contribution in [2.24, 2.45) is 0 Å². The zero-order chi connectivity index (χ0) is 13.9. The summed E-state index contributed by atoms with van der Waals surface area (Å²) >= 11 is 3.42. The predicted molar refractivity (Wildman–Crippen MR) is 78.2 cm³/mol. The molecular weight excluding hydrogens is 324 g/mol. The highest BCUT2D eigenvalue weighted by molar-refractivity contribution is 9.10. The largest absolute Gasteiger partial charge is 0.493 e. The van der Waals surface area contributed by atoms with Crippen LogP contribution in [0.15, 0.2) is 40.9 Å². The summed E-state index contributed by atoms with van der Waals surface area (Å²) in [7, 11) is 1.61. The Labute approximate surface area is 125 Å². The third-order valence-corrected chi connectivity index (χ3v) is 3.36. The highest BCUT2D eigenvalue weighted by Gasteiger charge is 2.13. The monoisotopic (exact) mass is 336 g/mol. The fourth-order valence-corrected chi connectivity index (χ4v) is 2.28. The molecule has 0 unspecified atom stereocenters. The molecule has 5 heteroatoms. The summed E-state index contributed by atoms with van der Waals surface area (Å²) in [4.78, 5) is 0. The van der Waals surface area contributed by atoms with Crippen LogP contribution in [-0.2, 0) is 0 Å². The Morgan fingerprint density at radius 1 is 0.950 bits per heavy atom. The van der Waals surface area contributed by atoms with Gasteiger partial charge >= 0.3 is 0 Å². The normalized spacial score (nSPS) is 12.9. The first kappa shape index (κ1) is 13.1. The fourth-order valence-electron chi connectivity index (χ4n) is 1.94. The van der Waals surface area contributed by atoms with Gasteiger partial charge in [0.1, 0.15) is 19.0 Å². The van der Waals surface area contributed by atoms with Gasteiger partial charge in [-0.15, -0.1) is 0 Å². The maximum absolute atomic E-state index is 5.86. The Hall–Kier alpha value is -1.88. The van der Waals surface area contributed by atoms with Crippen molar-refractivity contribution in [1.29, 1.82) is 0 Å². The van der Waals surface area contributed by atoms with Crippen molar-refractivity contribution in [3.8, 4) is 28.7 Å². The summed E-state index contributed by atoms with van der Waals surface area (Å²) < 4.78 is 23.1. The highest BCUT2D eigenvalue weighted by atomic mass is 79.9. The topological polar surface area (TPSA) is 36.9 Å². The summed E-state index contributed by atoms with van der Waals surface area (Å²) in [5, 5.41) is 0. The number of halogens is 1. The predicted octanol–water partition coefficient (Wildman–Crippen LogP) is 4.02. The molecule has 0 amide bonds. The van der Waals surface area contributed by atoms with Crippen LogP contribution in [-0.4, -0.2) is 20.3 Å². The smallest absolute Gasteiger partial charge is 0.170 e. The fraction of sp³-hybridized carbons (Fsp3) is 0.200. The van der Waals surface area contributed by atoms with Gasteiger partial charge in [-0.05, 0) is 30.3 Å². The lowest BCUT2D eigenvalue weighted by Crippen LogP contribution is -2.15. The number of methoxy groups -OCH3 is 1. The molecule has 0 atom stereocenters. The minimum absolute atomic E-state index is 0.552. The van der Waals surface area contributed by atoms with E-state index < -0.39 is 0 Å². The van der Waals surface area contributed by atoms with Crippen molar-refractivity contribution < 1.29 is 18.9 Å². The maximum Gasteiger partial charge on any atom is 0.170 e. The van der Waals surface area contributed by atoms with Gasteiger partial charge < -0.3 is 18.9 Å². The molecule has 0 N–H and O–H groups in total. The van der Waals surface area contributed by atoms with E-state index in [2.05, 4.69) is 15.9 Å². The molecule has 0 fully saturated rings. The van der Waals surface area contributed by atoms with Crippen molar-refractivity contribution in [3.63, 3.8) is 0 Å².